The Balaban J connectivity index is 0.00000249. The van der Waals surface area contributed by atoms with Crippen molar-refractivity contribution >= 4 is 33.2 Å². The molecule has 0 fully saturated rings. The van der Waals surface area contributed by atoms with Gasteiger partial charge in [0.15, 0.2) is 5.82 Å². The van der Waals surface area contributed by atoms with Crippen molar-refractivity contribution in [2.45, 2.75) is 44.8 Å². The average Bonchev–Trinajstić information content (AvgIpc) is 3.02. The van der Waals surface area contributed by atoms with Gasteiger partial charge in [-0.15, -0.1) is 0 Å². The summed E-state index contributed by atoms with van der Waals surface area (Å²) in [6, 6.07) is -0.569. The Bertz CT molecular complexity index is 1100. The molecule has 32 heavy (non-hydrogen) atoms. The van der Waals surface area contributed by atoms with Gasteiger partial charge in [-0.2, -0.15) is 17.5 Å². The predicted octanol–water partition coefficient (Wildman–Crippen LogP) is 5.11. The number of halogens is 6. The van der Waals surface area contributed by atoms with E-state index < -0.39 is 55.4 Å². The molecule has 6 nitrogen and oxygen atoms in total. The molecule has 0 unspecified atom stereocenters. The lowest BCUT2D eigenvalue weighted by atomic mass is 10.2. The van der Waals surface area contributed by atoms with Crippen molar-refractivity contribution in [3.05, 3.63) is 46.2 Å². The maximum Gasteiger partial charge on any atom is 0.404 e. The minimum atomic E-state index is -4.80. The van der Waals surface area contributed by atoms with Crippen LogP contribution in [0, 0.1) is 18.6 Å². The van der Waals surface area contributed by atoms with Crippen molar-refractivity contribution in [2.75, 3.05) is 12.4 Å². The first-order chi connectivity index (χ1) is 14.6. The van der Waals surface area contributed by atoms with Crippen LogP contribution in [-0.4, -0.2) is 42.5 Å². The third-order valence-electron chi connectivity index (χ3n) is 4.56. The summed E-state index contributed by atoms with van der Waals surface area (Å²) in [4.78, 5) is 12.1. The van der Waals surface area contributed by atoms with Crippen molar-refractivity contribution in [2.24, 2.45) is 7.05 Å². The summed E-state index contributed by atoms with van der Waals surface area (Å²) in [6.45, 7) is 5.91. The van der Waals surface area contributed by atoms with Crippen LogP contribution in [0.15, 0.2) is 23.2 Å². The van der Waals surface area contributed by atoms with E-state index in [1.165, 1.54) is 14.0 Å². The third-order valence-corrected chi connectivity index (χ3v) is 6.95. The molecule has 1 amide bonds. The summed E-state index contributed by atoms with van der Waals surface area (Å²) in [5.41, 5.74) is -0.856. The van der Waals surface area contributed by atoms with Crippen LogP contribution in [-0.2, 0) is 17.1 Å². The van der Waals surface area contributed by atoms with Gasteiger partial charge in [-0.3, -0.25) is 4.79 Å². The average molecular weight is 504 g/mol. The van der Waals surface area contributed by atoms with Gasteiger partial charge in [-0.1, -0.05) is 25.4 Å². The maximum atomic E-state index is 14.0. The number of nitrogens with one attached hydrogen (secondary N) is 1. The lowest BCUT2D eigenvalue weighted by Crippen LogP contribution is -2.44. The van der Waals surface area contributed by atoms with Crippen LogP contribution in [0.3, 0.4) is 0 Å². The number of hydrogen-bond donors (Lipinski definition) is 1. The monoisotopic (exact) mass is 503 g/mol. The minimum Gasteiger partial charge on any atom is -0.345 e. The first-order valence-corrected chi connectivity index (χ1v) is 11.1. The number of benzene rings is 1. The summed E-state index contributed by atoms with van der Waals surface area (Å²) >= 11 is 5.46. The smallest absolute Gasteiger partial charge is 0.345 e. The van der Waals surface area contributed by atoms with Gasteiger partial charge in [0.05, 0.1) is 5.69 Å². The summed E-state index contributed by atoms with van der Waals surface area (Å²) in [5.74, 6) is -3.24. The summed E-state index contributed by atoms with van der Waals surface area (Å²) < 4.78 is 92.8. The normalized spacial score (nSPS) is 12.9. The van der Waals surface area contributed by atoms with E-state index in [-0.39, 0.29) is 15.6 Å². The van der Waals surface area contributed by atoms with E-state index in [1.807, 2.05) is 13.8 Å². The molecule has 0 saturated carbocycles. The van der Waals surface area contributed by atoms with Crippen molar-refractivity contribution < 1.29 is 35.2 Å². The molecular weight excluding hydrogens is 481 g/mol. The van der Waals surface area contributed by atoms with Gasteiger partial charge in [0, 0.05) is 20.3 Å². The molecule has 0 aliphatic heterocycles. The molecule has 2 aromatic rings. The van der Waals surface area contributed by atoms with Gasteiger partial charge in [-0.05, 0) is 31.5 Å². The van der Waals surface area contributed by atoms with E-state index in [4.69, 9.17) is 11.6 Å². The number of hydrogen-bond acceptors (Lipinski definition) is 3. The van der Waals surface area contributed by atoms with Crippen LogP contribution in [0.2, 0.25) is 5.02 Å². The van der Waals surface area contributed by atoms with E-state index in [0.717, 1.165) is 29.9 Å². The van der Waals surface area contributed by atoms with Gasteiger partial charge in [0.25, 0.3) is 5.91 Å². The van der Waals surface area contributed by atoms with Crippen molar-refractivity contribution in [1.82, 2.24) is 8.87 Å². The summed E-state index contributed by atoms with van der Waals surface area (Å²) in [5, 5.41) is 1.30. The second kappa shape index (κ2) is 10.2. The molecule has 13 heteroatoms. The molecule has 2 rings (SSSR count). The fraction of sp³-hybridized carbons (Fsp3) is 0.421. The standard InChI is InChI=1S/C17H17ClF5N3O3S.C2H6/c1-8-12(30(28,29)26(4)9(2)17(21,22)23)7-25(3)15(8)16(27)24-11-6-5-10(19)13(18)14(11)20;1-2/h5-7,9H,1-4H3,(H,24,27);1-2H3/t9-;/m0./s1. The number of rotatable bonds is 5. The summed E-state index contributed by atoms with van der Waals surface area (Å²) in [7, 11) is -2.55. The molecule has 1 aromatic carbocycles. The van der Waals surface area contributed by atoms with E-state index in [1.54, 1.807) is 0 Å². The molecule has 1 N–H and O–H groups in total. The minimum absolute atomic E-state index is 0.148. The van der Waals surface area contributed by atoms with E-state index in [9.17, 15) is 35.2 Å². The Morgan fingerprint density at radius 1 is 1.22 bits per heavy atom. The predicted molar refractivity (Wildman–Crippen MR) is 111 cm³/mol. The third kappa shape index (κ3) is 5.41. The first-order valence-electron chi connectivity index (χ1n) is 9.26. The molecule has 0 aliphatic carbocycles. The molecule has 0 aliphatic rings. The number of anilines is 1. The lowest BCUT2D eigenvalue weighted by molar-refractivity contribution is -0.164. The number of carbonyl (C=O) groups excluding carboxylic acids is 1. The molecule has 0 saturated heterocycles. The number of amides is 1. The lowest BCUT2D eigenvalue weighted by Gasteiger charge is -2.26. The van der Waals surface area contributed by atoms with Gasteiger partial charge in [0.2, 0.25) is 10.0 Å². The Labute approximate surface area is 188 Å². The number of nitrogens with zero attached hydrogens (tertiary/aromatic N) is 2. The molecule has 0 spiro atoms. The zero-order valence-electron chi connectivity index (χ0n) is 18.1. The highest BCUT2D eigenvalue weighted by Gasteiger charge is 2.44. The number of carbonyl (C=O) groups is 1. The SMILES string of the molecule is CC.Cc1c(S(=O)(=O)N(C)[C@@H](C)C(F)(F)F)cn(C)c1C(=O)Nc1ccc(F)c(Cl)c1F. The Morgan fingerprint density at radius 2 is 1.75 bits per heavy atom. The van der Waals surface area contributed by atoms with Crippen molar-refractivity contribution in [1.29, 1.82) is 0 Å². The summed E-state index contributed by atoms with van der Waals surface area (Å²) in [6.07, 6.45) is -3.82. The van der Waals surface area contributed by atoms with Crippen LogP contribution in [0.4, 0.5) is 27.6 Å². The van der Waals surface area contributed by atoms with Crippen LogP contribution in [0.5, 0.6) is 0 Å². The van der Waals surface area contributed by atoms with E-state index in [2.05, 4.69) is 5.32 Å². The Kier molecular flexibility index (Phi) is 8.86. The number of aromatic nitrogens is 1. The quantitative estimate of drug-likeness (QED) is 0.455. The topological polar surface area (TPSA) is 71.4 Å². The Morgan fingerprint density at radius 3 is 2.25 bits per heavy atom. The highest BCUT2D eigenvalue weighted by Crippen LogP contribution is 2.31. The van der Waals surface area contributed by atoms with Crippen molar-refractivity contribution in [3.63, 3.8) is 0 Å². The Hall–Kier alpha value is -2.18. The molecule has 1 aromatic heterocycles. The van der Waals surface area contributed by atoms with Crippen LogP contribution in [0.25, 0.3) is 0 Å². The fourth-order valence-corrected chi connectivity index (χ4v) is 4.47. The molecule has 1 atom stereocenters. The van der Waals surface area contributed by atoms with Crippen LogP contribution < -0.4 is 5.32 Å². The number of sulfonamides is 1. The maximum absolute atomic E-state index is 14.0. The number of alkyl halides is 3. The molecular formula is C19H23ClF5N3O3S. The molecule has 1 heterocycles. The second-order valence-corrected chi connectivity index (χ2v) is 8.84. The largest absolute Gasteiger partial charge is 0.404 e. The van der Waals surface area contributed by atoms with Crippen LogP contribution in [0.1, 0.15) is 36.8 Å². The van der Waals surface area contributed by atoms with Gasteiger partial charge >= 0.3 is 6.18 Å². The number of aryl methyl sites for hydroxylation is 1. The van der Waals surface area contributed by atoms with Gasteiger partial charge in [-0.25, -0.2) is 17.2 Å². The fourth-order valence-electron chi connectivity index (χ4n) is 2.68. The van der Waals surface area contributed by atoms with Gasteiger partial charge in [0.1, 0.15) is 27.5 Å². The zero-order valence-corrected chi connectivity index (χ0v) is 19.7. The van der Waals surface area contributed by atoms with Crippen LogP contribution >= 0.6 is 11.6 Å². The van der Waals surface area contributed by atoms with E-state index in [0.29, 0.717) is 6.92 Å². The molecule has 0 radical (unpaired) electrons. The zero-order chi connectivity index (χ0) is 25.2. The highest BCUT2D eigenvalue weighted by molar-refractivity contribution is 7.89. The highest BCUT2D eigenvalue weighted by atomic mass is 35.5. The van der Waals surface area contributed by atoms with E-state index >= 15 is 0 Å². The van der Waals surface area contributed by atoms with Gasteiger partial charge < -0.3 is 9.88 Å². The first kappa shape index (κ1) is 27.9. The second-order valence-electron chi connectivity index (χ2n) is 6.49. The van der Waals surface area contributed by atoms with Crippen molar-refractivity contribution in [3.8, 4) is 0 Å². The molecule has 0 bridgehead atoms. The molecule has 180 valence electrons.